The second-order valence-corrected chi connectivity index (χ2v) is 18.6. The second kappa shape index (κ2) is 21.7. The van der Waals surface area contributed by atoms with Crippen LogP contribution in [0.2, 0.25) is 0 Å². The number of hydrogen-bond donors (Lipinski definition) is 1. The zero-order valence-electron chi connectivity index (χ0n) is 43.3. The van der Waals surface area contributed by atoms with Crippen molar-refractivity contribution in [1.29, 1.82) is 0 Å². The van der Waals surface area contributed by atoms with Gasteiger partial charge in [-0.1, -0.05) is 140 Å². The fourth-order valence-corrected chi connectivity index (χ4v) is 10.4. The van der Waals surface area contributed by atoms with Crippen LogP contribution in [0.5, 0.6) is 0 Å². The third-order valence-corrected chi connectivity index (χ3v) is 14.0. The molecule has 7 nitrogen and oxygen atoms in total. The maximum Gasteiger partial charge on any atom is 1.00 e. The number of nitrogens with zero attached hydrogens (tertiary/aromatic N) is 6. The Morgan fingerprint density at radius 1 is 0.359 bits per heavy atom. The minimum atomic E-state index is -0.477. The van der Waals surface area contributed by atoms with Gasteiger partial charge in [0.05, 0.1) is 44.8 Å². The van der Waals surface area contributed by atoms with Gasteiger partial charge in [0, 0.05) is 90.5 Å². The summed E-state index contributed by atoms with van der Waals surface area (Å²) in [6.45, 7) is 0. The molecule has 0 saturated heterocycles. The number of rotatable bonds is 6. The Labute approximate surface area is 471 Å². The van der Waals surface area contributed by atoms with E-state index in [4.69, 9.17) is 9.97 Å². The van der Waals surface area contributed by atoms with Gasteiger partial charge < -0.3 is 15.5 Å². The molecule has 0 fully saturated rings. The van der Waals surface area contributed by atoms with Gasteiger partial charge in [0.25, 0.3) is 0 Å². The number of aromatic nitrogens is 7. The first-order chi connectivity index (χ1) is 38.0. The van der Waals surface area contributed by atoms with Crippen molar-refractivity contribution in [2.24, 2.45) is 0 Å². The summed E-state index contributed by atoms with van der Waals surface area (Å²) in [7, 11) is 0. The second-order valence-electron chi connectivity index (χ2n) is 18.6. The van der Waals surface area contributed by atoms with E-state index in [9.17, 15) is 8.78 Å². The summed E-state index contributed by atoms with van der Waals surface area (Å²) >= 11 is 0. The van der Waals surface area contributed by atoms with E-state index in [1.807, 2.05) is 48.8 Å². The molecule has 8 aromatic carbocycles. The molecule has 10 heteroatoms. The predicted molar refractivity (Wildman–Crippen MR) is 311 cm³/mol. The number of para-hydroxylation sites is 6. The Hall–Kier alpha value is -9.38. The minimum Gasteiger partial charge on any atom is -1.00 e. The van der Waals surface area contributed by atoms with Crippen LogP contribution in [-0.2, 0) is 0 Å². The Morgan fingerprint density at radius 2 is 0.859 bits per heavy atom. The Bertz CT molecular complexity index is 4460. The molecule has 1 N–H and O–H groups in total. The molecule has 78 heavy (non-hydrogen) atoms. The van der Waals surface area contributed by atoms with Gasteiger partial charge in [-0.2, -0.15) is 0 Å². The molecule has 368 valence electrons. The summed E-state index contributed by atoms with van der Waals surface area (Å²) in [5.74, 6) is -0.950. The molecule has 0 aliphatic rings. The van der Waals surface area contributed by atoms with Gasteiger partial charge in [0.15, 0.2) is 0 Å². The zero-order chi connectivity index (χ0) is 51.7. The Balaban J connectivity index is 0.000000155. The molecule has 0 bridgehead atoms. The average molecular weight is 1020 g/mol. The number of halogens is 2. The van der Waals surface area contributed by atoms with Gasteiger partial charge in [-0.05, 0) is 109 Å². The predicted octanol–water partition coefficient (Wildman–Crippen LogP) is 14.5. The Morgan fingerprint density at radius 3 is 1.41 bits per heavy atom. The summed E-state index contributed by atoms with van der Waals surface area (Å²) in [6, 6.07) is 80.5. The first kappa shape index (κ1) is 49.5. The van der Waals surface area contributed by atoms with Crippen molar-refractivity contribution in [3.63, 3.8) is 0 Å². The summed E-state index contributed by atoms with van der Waals surface area (Å²) in [4.78, 5) is 21.6. The molecular formula is C68H46F2N7Na. The minimum absolute atomic E-state index is 0. The van der Waals surface area contributed by atoms with E-state index in [1.165, 1.54) is 60.6 Å². The summed E-state index contributed by atoms with van der Waals surface area (Å²) < 4.78 is 31.5. The van der Waals surface area contributed by atoms with Gasteiger partial charge in [0.1, 0.15) is 17.3 Å². The first-order valence-electron chi connectivity index (χ1n) is 25.3. The monoisotopic (exact) mass is 1020 g/mol. The van der Waals surface area contributed by atoms with E-state index in [1.54, 1.807) is 18.3 Å². The molecular weight excluding hydrogens is 976 g/mol. The molecule has 0 aliphatic heterocycles. The van der Waals surface area contributed by atoms with E-state index < -0.39 is 11.6 Å². The fraction of sp³-hybridized carbons (Fsp3) is 0. The van der Waals surface area contributed by atoms with Gasteiger partial charge in [-0.15, -0.1) is 0 Å². The number of aromatic amines is 1. The van der Waals surface area contributed by atoms with Crippen LogP contribution < -0.4 is 29.6 Å². The van der Waals surface area contributed by atoms with Crippen LogP contribution in [0, 0.1) is 11.6 Å². The van der Waals surface area contributed by atoms with Gasteiger partial charge in [0.2, 0.25) is 0 Å². The average Bonchev–Trinajstić information content (AvgIpc) is 4.39. The SMILES string of the molecule is Fc1ccc(F)c(-c2ccc(-c3ccccn3)nc2)c1.[H-].[Na+].c1ccc(-c2ncc(-c3cccc(-n4c5ccccc5c5ccccc54)c3)cc2-n2c3ccccc3c3ccccc32)nc1.c1ccc2c(c1)[nH]c1ccccc12. The number of pyridine rings is 4. The Kier molecular flexibility index (Phi) is 13.8. The molecule has 7 heterocycles. The van der Waals surface area contributed by atoms with Crippen LogP contribution in [0.1, 0.15) is 1.43 Å². The van der Waals surface area contributed by atoms with Crippen molar-refractivity contribution in [1.82, 2.24) is 34.1 Å². The van der Waals surface area contributed by atoms with Crippen LogP contribution in [0.3, 0.4) is 0 Å². The van der Waals surface area contributed by atoms with Crippen LogP contribution in [0.25, 0.3) is 122 Å². The van der Waals surface area contributed by atoms with E-state index in [0.717, 1.165) is 68.8 Å². The third kappa shape index (κ3) is 9.41. The van der Waals surface area contributed by atoms with E-state index in [2.05, 4.69) is 200 Å². The molecule has 7 aromatic heterocycles. The van der Waals surface area contributed by atoms with Crippen LogP contribution in [0.15, 0.2) is 267 Å². The van der Waals surface area contributed by atoms with Gasteiger partial charge in [-0.3, -0.25) is 19.9 Å². The van der Waals surface area contributed by atoms with Crippen molar-refractivity contribution < 1.29 is 39.8 Å². The molecule has 15 rings (SSSR count). The summed E-state index contributed by atoms with van der Waals surface area (Å²) in [6.07, 6.45) is 7.00. The van der Waals surface area contributed by atoms with Gasteiger partial charge in [-0.25, -0.2) is 8.78 Å². The van der Waals surface area contributed by atoms with E-state index in [-0.39, 0.29) is 36.5 Å². The first-order valence-corrected chi connectivity index (χ1v) is 25.3. The summed E-state index contributed by atoms with van der Waals surface area (Å²) in [5.41, 5.74) is 15.2. The van der Waals surface area contributed by atoms with Crippen LogP contribution in [0.4, 0.5) is 8.78 Å². The number of nitrogens with one attached hydrogen (secondary N) is 1. The maximum absolute atomic E-state index is 13.7. The fourth-order valence-electron chi connectivity index (χ4n) is 10.4. The van der Waals surface area contributed by atoms with Crippen molar-refractivity contribution in [2.45, 2.75) is 0 Å². The van der Waals surface area contributed by atoms with Crippen molar-refractivity contribution in [3.8, 4) is 56.4 Å². The molecule has 0 unspecified atom stereocenters. The summed E-state index contributed by atoms with van der Waals surface area (Å²) in [5, 5.41) is 7.55. The van der Waals surface area contributed by atoms with Crippen molar-refractivity contribution >= 4 is 65.4 Å². The zero-order valence-corrected chi connectivity index (χ0v) is 44.3. The van der Waals surface area contributed by atoms with Crippen molar-refractivity contribution in [3.05, 3.63) is 279 Å². The normalized spacial score (nSPS) is 11.1. The molecule has 0 atom stereocenters. The van der Waals surface area contributed by atoms with Gasteiger partial charge >= 0.3 is 29.6 Å². The van der Waals surface area contributed by atoms with Crippen LogP contribution in [-0.4, -0.2) is 34.1 Å². The molecule has 0 amide bonds. The van der Waals surface area contributed by atoms with E-state index in [0.29, 0.717) is 11.3 Å². The van der Waals surface area contributed by atoms with E-state index >= 15 is 0 Å². The molecule has 0 spiro atoms. The molecule has 15 aromatic rings. The number of hydrogen-bond acceptors (Lipinski definition) is 4. The number of benzene rings is 8. The molecule has 0 saturated carbocycles. The third-order valence-electron chi connectivity index (χ3n) is 14.0. The number of fused-ring (bicyclic) bond motifs is 9. The smallest absolute Gasteiger partial charge is 1.00 e. The molecule has 0 aliphatic carbocycles. The topological polar surface area (TPSA) is 77.2 Å². The largest absolute Gasteiger partial charge is 1.00 e. The van der Waals surface area contributed by atoms with Crippen LogP contribution >= 0.6 is 0 Å². The maximum atomic E-state index is 13.7. The molecule has 0 radical (unpaired) electrons. The quantitative estimate of drug-likeness (QED) is 0.168. The van der Waals surface area contributed by atoms with Crippen molar-refractivity contribution in [2.75, 3.05) is 0 Å². The standard InChI is InChI=1S/C40H26N4.C16H10F2N2.C12H9N.Na.H/c1-5-19-35-30(14-1)31-15-2-6-20-36(31)43(35)29-13-11-12-27(24-29)28-25-39(40(42-26-28)34-18-9-10-23-41-34)44-37-21-7-3-16-32(37)33-17-4-8-22-38(33)44;17-12-5-6-14(18)13(9-12)11-4-7-16(20-10-11)15-3-1-2-8-19-15;1-3-7-11-9(5-1)10-6-2-4-8-12(10)13-11;;/h1-26H;1-10H;1-8,13H;;/q;;;+1;-1. The number of H-pyrrole nitrogens is 1.